The summed E-state index contributed by atoms with van der Waals surface area (Å²) >= 11 is 0. The van der Waals surface area contributed by atoms with E-state index >= 15 is 0 Å². The van der Waals surface area contributed by atoms with Crippen LogP contribution in [-0.2, 0) is 4.79 Å². The van der Waals surface area contributed by atoms with Crippen molar-refractivity contribution in [1.29, 1.82) is 0 Å². The number of benzene rings is 2. The van der Waals surface area contributed by atoms with E-state index in [-0.39, 0.29) is 5.91 Å². The molecule has 0 fully saturated rings. The van der Waals surface area contributed by atoms with Gasteiger partial charge in [0.15, 0.2) is 0 Å². The third-order valence-electron chi connectivity index (χ3n) is 2.79. The van der Waals surface area contributed by atoms with Gasteiger partial charge in [-0.3, -0.25) is 4.79 Å². The van der Waals surface area contributed by atoms with Gasteiger partial charge in [-0.15, -0.1) is 0 Å². The van der Waals surface area contributed by atoms with Crippen molar-refractivity contribution in [3.05, 3.63) is 54.1 Å². The molecule has 4 nitrogen and oxygen atoms in total. The third kappa shape index (κ3) is 4.31. The largest absolute Gasteiger partial charge is 0.493 e. The third-order valence-corrected chi connectivity index (χ3v) is 2.79. The van der Waals surface area contributed by atoms with Crippen molar-refractivity contribution in [3.63, 3.8) is 0 Å². The number of anilines is 2. The lowest BCUT2D eigenvalue weighted by molar-refractivity contribution is -0.116. The molecule has 1 amide bonds. The van der Waals surface area contributed by atoms with Gasteiger partial charge in [0.2, 0.25) is 5.91 Å². The average Bonchev–Trinajstić information content (AvgIpc) is 2.41. The van der Waals surface area contributed by atoms with E-state index in [2.05, 4.69) is 5.32 Å². The SMILES string of the molecule is Cc1ccc(NC(=O)CCOc2cccc(N)c2)cc1. The fourth-order valence-electron chi connectivity index (χ4n) is 1.73. The van der Waals surface area contributed by atoms with Gasteiger partial charge in [0.05, 0.1) is 13.0 Å². The summed E-state index contributed by atoms with van der Waals surface area (Å²) in [4.78, 5) is 11.7. The fourth-order valence-corrected chi connectivity index (χ4v) is 1.73. The quantitative estimate of drug-likeness (QED) is 0.821. The Morgan fingerprint density at radius 2 is 1.95 bits per heavy atom. The number of amides is 1. The van der Waals surface area contributed by atoms with E-state index in [1.807, 2.05) is 43.3 Å². The van der Waals surface area contributed by atoms with Crippen LogP contribution < -0.4 is 15.8 Å². The smallest absolute Gasteiger partial charge is 0.227 e. The molecule has 0 bridgehead atoms. The van der Waals surface area contributed by atoms with E-state index < -0.39 is 0 Å². The first-order chi connectivity index (χ1) is 9.63. The van der Waals surface area contributed by atoms with Crippen LogP contribution in [0.2, 0.25) is 0 Å². The maximum atomic E-state index is 11.7. The number of carbonyl (C=O) groups excluding carboxylic acids is 1. The van der Waals surface area contributed by atoms with Gasteiger partial charge in [-0.2, -0.15) is 0 Å². The normalized spacial score (nSPS) is 10.1. The van der Waals surface area contributed by atoms with Gasteiger partial charge in [0, 0.05) is 17.4 Å². The van der Waals surface area contributed by atoms with Crippen molar-refractivity contribution < 1.29 is 9.53 Å². The summed E-state index contributed by atoms with van der Waals surface area (Å²) in [7, 11) is 0. The number of nitrogens with one attached hydrogen (secondary N) is 1. The summed E-state index contributed by atoms with van der Waals surface area (Å²) in [5.74, 6) is 0.603. The number of carbonyl (C=O) groups is 1. The zero-order valence-electron chi connectivity index (χ0n) is 11.4. The maximum Gasteiger partial charge on any atom is 0.227 e. The Bertz CT molecular complexity index is 579. The summed E-state index contributed by atoms with van der Waals surface area (Å²) in [5, 5.41) is 2.82. The maximum absolute atomic E-state index is 11.7. The minimum absolute atomic E-state index is 0.0715. The Morgan fingerprint density at radius 1 is 1.20 bits per heavy atom. The van der Waals surface area contributed by atoms with Gasteiger partial charge in [-0.25, -0.2) is 0 Å². The van der Waals surface area contributed by atoms with Crippen LogP contribution in [0.15, 0.2) is 48.5 Å². The van der Waals surface area contributed by atoms with Gasteiger partial charge in [0.1, 0.15) is 5.75 Å². The Kier molecular flexibility index (Phi) is 4.60. The lowest BCUT2D eigenvalue weighted by atomic mass is 10.2. The van der Waals surface area contributed by atoms with E-state index in [0.29, 0.717) is 24.5 Å². The summed E-state index contributed by atoms with van der Waals surface area (Å²) in [6.07, 6.45) is 0.294. The monoisotopic (exact) mass is 270 g/mol. The second-order valence-corrected chi connectivity index (χ2v) is 4.59. The molecule has 20 heavy (non-hydrogen) atoms. The summed E-state index contributed by atoms with van der Waals surface area (Å²) < 4.78 is 5.47. The molecule has 0 heterocycles. The van der Waals surface area contributed by atoms with E-state index in [1.54, 1.807) is 12.1 Å². The van der Waals surface area contributed by atoms with Crippen molar-refractivity contribution in [1.82, 2.24) is 0 Å². The average molecular weight is 270 g/mol. The van der Waals surface area contributed by atoms with Crippen LogP contribution in [0.3, 0.4) is 0 Å². The van der Waals surface area contributed by atoms with Crippen LogP contribution in [0.5, 0.6) is 5.75 Å². The van der Waals surface area contributed by atoms with Crippen molar-refractivity contribution >= 4 is 17.3 Å². The lowest BCUT2D eigenvalue weighted by Gasteiger charge is -2.08. The Balaban J connectivity index is 1.76. The zero-order valence-corrected chi connectivity index (χ0v) is 11.4. The number of ether oxygens (including phenoxy) is 1. The molecule has 0 unspecified atom stereocenters. The predicted octanol–water partition coefficient (Wildman–Crippen LogP) is 2.98. The topological polar surface area (TPSA) is 64.3 Å². The van der Waals surface area contributed by atoms with E-state index in [1.165, 1.54) is 0 Å². The molecule has 0 atom stereocenters. The molecule has 0 spiro atoms. The molecule has 0 aromatic heterocycles. The van der Waals surface area contributed by atoms with Crippen LogP contribution in [-0.4, -0.2) is 12.5 Å². The van der Waals surface area contributed by atoms with E-state index in [4.69, 9.17) is 10.5 Å². The van der Waals surface area contributed by atoms with Crippen LogP contribution >= 0.6 is 0 Å². The molecule has 2 rings (SSSR count). The Morgan fingerprint density at radius 3 is 2.65 bits per heavy atom. The molecule has 2 aromatic carbocycles. The minimum Gasteiger partial charge on any atom is -0.493 e. The first kappa shape index (κ1) is 13.9. The second kappa shape index (κ2) is 6.61. The lowest BCUT2D eigenvalue weighted by Crippen LogP contribution is -2.15. The number of hydrogen-bond donors (Lipinski definition) is 2. The first-order valence-corrected chi connectivity index (χ1v) is 6.48. The molecule has 104 valence electrons. The number of nitrogens with two attached hydrogens (primary N) is 1. The van der Waals surface area contributed by atoms with Crippen LogP contribution in [0.25, 0.3) is 0 Å². The molecule has 0 saturated carbocycles. The van der Waals surface area contributed by atoms with E-state index in [9.17, 15) is 4.79 Å². The molecule has 2 aromatic rings. The highest BCUT2D eigenvalue weighted by Crippen LogP contribution is 2.14. The molecular formula is C16H18N2O2. The van der Waals surface area contributed by atoms with Gasteiger partial charge < -0.3 is 15.8 Å². The number of nitrogen functional groups attached to an aromatic ring is 1. The van der Waals surface area contributed by atoms with E-state index in [0.717, 1.165) is 11.3 Å². The Hall–Kier alpha value is -2.49. The number of rotatable bonds is 5. The molecule has 0 radical (unpaired) electrons. The fraction of sp³-hybridized carbons (Fsp3) is 0.188. The van der Waals surface area contributed by atoms with Crippen molar-refractivity contribution in [2.75, 3.05) is 17.7 Å². The molecule has 0 aliphatic rings. The highest BCUT2D eigenvalue weighted by molar-refractivity contribution is 5.90. The highest BCUT2D eigenvalue weighted by Gasteiger charge is 2.03. The number of aryl methyl sites for hydroxylation is 1. The molecular weight excluding hydrogens is 252 g/mol. The molecule has 0 aliphatic heterocycles. The van der Waals surface area contributed by atoms with Crippen LogP contribution in [0, 0.1) is 6.92 Å². The molecule has 4 heteroatoms. The van der Waals surface area contributed by atoms with Crippen molar-refractivity contribution in [2.45, 2.75) is 13.3 Å². The van der Waals surface area contributed by atoms with Crippen LogP contribution in [0.4, 0.5) is 11.4 Å². The van der Waals surface area contributed by atoms with Crippen LogP contribution in [0.1, 0.15) is 12.0 Å². The van der Waals surface area contributed by atoms with Gasteiger partial charge in [-0.05, 0) is 31.2 Å². The zero-order chi connectivity index (χ0) is 14.4. The predicted molar refractivity (Wildman–Crippen MR) is 80.8 cm³/mol. The number of hydrogen-bond acceptors (Lipinski definition) is 3. The molecule has 0 aliphatic carbocycles. The first-order valence-electron chi connectivity index (χ1n) is 6.48. The van der Waals surface area contributed by atoms with Crippen molar-refractivity contribution in [3.8, 4) is 5.75 Å². The van der Waals surface area contributed by atoms with Gasteiger partial charge in [0.25, 0.3) is 0 Å². The minimum atomic E-state index is -0.0715. The summed E-state index contributed by atoms with van der Waals surface area (Å²) in [6.45, 7) is 2.33. The standard InChI is InChI=1S/C16H18N2O2/c1-12-5-7-14(8-6-12)18-16(19)9-10-20-15-4-2-3-13(17)11-15/h2-8,11H,9-10,17H2,1H3,(H,18,19). The van der Waals surface area contributed by atoms with Crippen molar-refractivity contribution in [2.24, 2.45) is 0 Å². The summed E-state index contributed by atoms with van der Waals surface area (Å²) in [6, 6.07) is 14.8. The molecule has 0 saturated heterocycles. The molecule has 3 N–H and O–H groups in total. The van der Waals surface area contributed by atoms with Gasteiger partial charge >= 0.3 is 0 Å². The Labute approximate surface area is 118 Å². The van der Waals surface area contributed by atoms with Gasteiger partial charge in [-0.1, -0.05) is 23.8 Å². The highest BCUT2D eigenvalue weighted by atomic mass is 16.5. The second-order valence-electron chi connectivity index (χ2n) is 4.59. The summed E-state index contributed by atoms with van der Waals surface area (Å²) in [5.41, 5.74) is 8.25.